The first-order valence-electron chi connectivity index (χ1n) is 9.53. The molecule has 0 bridgehead atoms. The lowest BCUT2D eigenvalue weighted by Crippen LogP contribution is -2.45. The van der Waals surface area contributed by atoms with Gasteiger partial charge in [0.25, 0.3) is 0 Å². The Hall–Kier alpha value is -2.34. The summed E-state index contributed by atoms with van der Waals surface area (Å²) in [6.45, 7) is 10.1. The molecule has 6 heteroatoms. The number of ether oxygens (including phenoxy) is 1. The van der Waals surface area contributed by atoms with Crippen LogP contribution < -0.4 is 10.6 Å². The molecule has 1 aliphatic rings. The first-order chi connectivity index (χ1) is 13.5. The number of hydrogen-bond donors (Lipinski definition) is 1. The Labute approximate surface area is 170 Å². The quantitative estimate of drug-likeness (QED) is 0.711. The number of anilines is 1. The van der Waals surface area contributed by atoms with E-state index in [-0.39, 0.29) is 12.2 Å². The van der Waals surface area contributed by atoms with Crippen molar-refractivity contribution in [2.75, 3.05) is 18.0 Å². The van der Waals surface area contributed by atoms with Crippen molar-refractivity contribution in [1.82, 2.24) is 9.38 Å². The molecule has 28 heavy (non-hydrogen) atoms. The van der Waals surface area contributed by atoms with Gasteiger partial charge in [-0.3, -0.25) is 4.40 Å². The van der Waals surface area contributed by atoms with E-state index in [2.05, 4.69) is 40.9 Å². The lowest BCUT2D eigenvalue weighted by atomic mass is 10.0. The van der Waals surface area contributed by atoms with E-state index in [4.69, 9.17) is 22.1 Å². The van der Waals surface area contributed by atoms with Gasteiger partial charge in [0.05, 0.1) is 18.4 Å². The number of nitrogens with two attached hydrogens (primary N) is 1. The van der Waals surface area contributed by atoms with Gasteiger partial charge in [0.15, 0.2) is 0 Å². The molecular weight excluding hydrogens is 372 g/mol. The fraction of sp³-hybridized carbons (Fsp3) is 0.318. The lowest BCUT2D eigenvalue weighted by molar-refractivity contribution is -0.00549. The average Bonchev–Trinajstić information content (AvgIpc) is 3.09. The highest BCUT2D eigenvalue weighted by Crippen LogP contribution is 2.33. The highest BCUT2D eigenvalue weighted by molar-refractivity contribution is 6.33. The Morgan fingerprint density at radius 3 is 2.64 bits per heavy atom. The van der Waals surface area contributed by atoms with Crippen molar-refractivity contribution in [2.24, 2.45) is 5.73 Å². The van der Waals surface area contributed by atoms with E-state index in [0.29, 0.717) is 11.6 Å². The summed E-state index contributed by atoms with van der Waals surface area (Å²) in [4.78, 5) is 6.94. The van der Waals surface area contributed by atoms with Gasteiger partial charge in [-0.05, 0) is 37.1 Å². The molecule has 0 saturated carbocycles. The molecule has 2 unspecified atom stereocenters. The Balaban J connectivity index is 1.84. The van der Waals surface area contributed by atoms with Crippen LogP contribution in [0.1, 0.15) is 25.0 Å². The van der Waals surface area contributed by atoms with E-state index in [0.717, 1.165) is 46.8 Å². The third-order valence-electron chi connectivity index (χ3n) is 5.20. The van der Waals surface area contributed by atoms with E-state index in [1.54, 1.807) is 6.08 Å². The third-order valence-corrected chi connectivity index (χ3v) is 5.51. The molecule has 2 aromatic heterocycles. The minimum Gasteiger partial charge on any atom is -0.372 e. The summed E-state index contributed by atoms with van der Waals surface area (Å²) in [5.74, 6) is 1.06. The number of aromatic nitrogens is 2. The predicted molar refractivity (Wildman–Crippen MR) is 116 cm³/mol. The second-order valence-corrected chi connectivity index (χ2v) is 7.77. The van der Waals surface area contributed by atoms with Crippen molar-refractivity contribution in [3.8, 4) is 11.1 Å². The number of halogens is 1. The molecule has 1 fully saturated rings. The molecule has 2 N–H and O–H groups in total. The van der Waals surface area contributed by atoms with Crippen LogP contribution in [-0.4, -0.2) is 34.7 Å². The number of imidazole rings is 1. The van der Waals surface area contributed by atoms with Crippen LogP contribution in [0.2, 0.25) is 5.02 Å². The zero-order valence-electron chi connectivity index (χ0n) is 16.2. The van der Waals surface area contributed by atoms with Crippen molar-refractivity contribution in [3.63, 3.8) is 0 Å². The molecule has 0 aliphatic carbocycles. The maximum Gasteiger partial charge on any atom is 0.138 e. The van der Waals surface area contributed by atoms with Gasteiger partial charge in [0, 0.05) is 42.0 Å². The van der Waals surface area contributed by atoms with Crippen LogP contribution in [0.3, 0.4) is 0 Å². The minimum absolute atomic E-state index is 0.179. The topological polar surface area (TPSA) is 55.8 Å². The zero-order valence-corrected chi connectivity index (χ0v) is 17.0. The van der Waals surface area contributed by atoms with Crippen molar-refractivity contribution in [2.45, 2.75) is 32.6 Å². The van der Waals surface area contributed by atoms with E-state index in [1.807, 2.05) is 30.5 Å². The second kappa shape index (κ2) is 7.59. The first kappa shape index (κ1) is 19.0. The summed E-state index contributed by atoms with van der Waals surface area (Å²) in [6.07, 6.45) is 6.17. The number of morpholine rings is 1. The summed E-state index contributed by atoms with van der Waals surface area (Å²) in [5, 5.41) is 0.682. The summed E-state index contributed by atoms with van der Waals surface area (Å²) < 4.78 is 8.00. The number of pyridine rings is 1. The fourth-order valence-corrected chi connectivity index (χ4v) is 4.23. The van der Waals surface area contributed by atoms with Gasteiger partial charge < -0.3 is 15.4 Å². The summed E-state index contributed by atoms with van der Waals surface area (Å²) in [7, 11) is 0. The molecule has 1 aliphatic heterocycles. The van der Waals surface area contributed by atoms with E-state index >= 15 is 0 Å². The van der Waals surface area contributed by atoms with Crippen LogP contribution in [0.15, 0.2) is 43.2 Å². The monoisotopic (exact) mass is 396 g/mol. The van der Waals surface area contributed by atoms with Crippen molar-refractivity contribution >= 4 is 29.1 Å². The average molecular weight is 397 g/mol. The van der Waals surface area contributed by atoms with Crippen molar-refractivity contribution in [1.29, 1.82) is 0 Å². The van der Waals surface area contributed by atoms with Crippen LogP contribution in [0.25, 0.3) is 22.9 Å². The van der Waals surface area contributed by atoms with Crippen LogP contribution >= 0.6 is 11.6 Å². The molecule has 3 aromatic rings. The third kappa shape index (κ3) is 3.41. The minimum atomic E-state index is 0.179. The number of fused-ring (bicyclic) bond motifs is 1. The molecule has 3 heterocycles. The van der Waals surface area contributed by atoms with Crippen molar-refractivity contribution < 1.29 is 4.74 Å². The van der Waals surface area contributed by atoms with Crippen LogP contribution in [-0.2, 0) is 11.3 Å². The Kier molecular flexibility index (Phi) is 5.15. The highest BCUT2D eigenvalue weighted by Gasteiger charge is 2.25. The molecule has 0 amide bonds. The van der Waals surface area contributed by atoms with Crippen LogP contribution in [0, 0.1) is 0 Å². The maximum atomic E-state index is 6.58. The van der Waals surface area contributed by atoms with Crippen molar-refractivity contribution in [3.05, 3.63) is 59.4 Å². The molecule has 146 valence electrons. The van der Waals surface area contributed by atoms with E-state index in [1.165, 1.54) is 0 Å². The Morgan fingerprint density at radius 1 is 1.25 bits per heavy atom. The van der Waals surface area contributed by atoms with Gasteiger partial charge in [-0.2, -0.15) is 0 Å². The zero-order chi connectivity index (χ0) is 19.8. The lowest BCUT2D eigenvalue weighted by Gasteiger charge is -2.36. The van der Waals surface area contributed by atoms with E-state index < -0.39 is 0 Å². The smallest absolute Gasteiger partial charge is 0.138 e. The maximum absolute atomic E-state index is 6.58. The molecule has 0 radical (unpaired) electrons. The van der Waals surface area contributed by atoms with Gasteiger partial charge in [-0.15, -0.1) is 0 Å². The summed E-state index contributed by atoms with van der Waals surface area (Å²) >= 11 is 6.58. The molecule has 1 saturated heterocycles. The number of rotatable bonds is 4. The SMILES string of the molecule is C=Cc1ccc(-c2cn3c(N4CC(C)OC(C)C4)cnc3cc2CN)c(Cl)c1. The number of benzene rings is 1. The molecular formula is C22H25ClN4O. The highest BCUT2D eigenvalue weighted by atomic mass is 35.5. The molecule has 0 spiro atoms. The fourth-order valence-electron chi connectivity index (χ4n) is 3.94. The van der Waals surface area contributed by atoms with Gasteiger partial charge in [0.1, 0.15) is 11.5 Å². The van der Waals surface area contributed by atoms with Gasteiger partial charge in [0.2, 0.25) is 0 Å². The second-order valence-electron chi connectivity index (χ2n) is 7.37. The van der Waals surface area contributed by atoms with Gasteiger partial charge in [-0.1, -0.05) is 36.4 Å². The largest absolute Gasteiger partial charge is 0.372 e. The summed E-state index contributed by atoms with van der Waals surface area (Å²) in [6, 6.07) is 8.01. The van der Waals surface area contributed by atoms with Gasteiger partial charge in [-0.25, -0.2) is 4.98 Å². The molecule has 2 atom stereocenters. The van der Waals surface area contributed by atoms with Gasteiger partial charge >= 0.3 is 0 Å². The normalized spacial score (nSPS) is 19.9. The van der Waals surface area contributed by atoms with Crippen LogP contribution in [0.4, 0.5) is 5.82 Å². The Morgan fingerprint density at radius 2 is 2.00 bits per heavy atom. The van der Waals surface area contributed by atoms with Crippen LogP contribution in [0.5, 0.6) is 0 Å². The number of hydrogen-bond acceptors (Lipinski definition) is 4. The molecule has 1 aromatic carbocycles. The van der Waals surface area contributed by atoms with E-state index in [9.17, 15) is 0 Å². The Bertz CT molecular complexity index is 1020. The predicted octanol–water partition coefficient (Wildman–Crippen LogP) is 4.37. The standard InChI is InChI=1S/C22H25ClN4O/c1-4-16-5-6-18(20(23)7-16)19-13-27-21(8-17(19)9-24)25-10-22(27)26-11-14(2)28-15(3)12-26/h4-8,10,13-15H,1,9,11-12,24H2,2-3H3. The molecule has 5 nitrogen and oxygen atoms in total. The first-order valence-corrected chi connectivity index (χ1v) is 9.90. The molecule has 4 rings (SSSR count). The summed E-state index contributed by atoms with van der Waals surface area (Å²) in [5.41, 5.74) is 10.9. The number of nitrogens with zero attached hydrogens (tertiary/aromatic N) is 3.